The molecular formula is C23H27ClN4O2S2. The first-order chi connectivity index (χ1) is 15.5. The number of rotatable bonds is 9. The summed E-state index contributed by atoms with van der Waals surface area (Å²) in [5.74, 6) is 1.36. The zero-order chi connectivity index (χ0) is 22.4. The van der Waals surface area contributed by atoms with Gasteiger partial charge in [-0.1, -0.05) is 60.1 Å². The lowest BCUT2D eigenvalue weighted by atomic mass is 10.1. The molecule has 0 spiro atoms. The fourth-order valence-corrected chi connectivity index (χ4v) is 6.52. The molecule has 1 saturated heterocycles. The molecule has 9 heteroatoms. The van der Waals surface area contributed by atoms with Crippen molar-refractivity contribution in [2.24, 2.45) is 0 Å². The van der Waals surface area contributed by atoms with Crippen LogP contribution in [0.1, 0.15) is 30.7 Å². The highest BCUT2D eigenvalue weighted by molar-refractivity contribution is 8.00. The molecule has 0 N–H and O–H groups in total. The highest BCUT2D eigenvalue weighted by Gasteiger charge is 2.19. The molecule has 1 aromatic heterocycles. The Morgan fingerprint density at radius 3 is 2.34 bits per heavy atom. The first-order valence-electron chi connectivity index (χ1n) is 10.8. The largest absolute Gasteiger partial charge is 0.300 e. The molecule has 0 aliphatic carbocycles. The minimum absolute atomic E-state index is 0.0267. The van der Waals surface area contributed by atoms with Crippen LogP contribution < -0.4 is 0 Å². The van der Waals surface area contributed by atoms with E-state index in [1.165, 1.54) is 36.6 Å². The molecule has 1 fully saturated rings. The molecule has 1 aliphatic rings. The van der Waals surface area contributed by atoms with E-state index in [1.54, 1.807) is 24.3 Å². The number of benzene rings is 2. The molecule has 0 radical (unpaired) electrons. The van der Waals surface area contributed by atoms with Crippen LogP contribution in [0, 0.1) is 0 Å². The van der Waals surface area contributed by atoms with Gasteiger partial charge in [0, 0.05) is 10.8 Å². The number of nitrogens with zero attached hydrogens (tertiary/aromatic N) is 4. The topological polar surface area (TPSA) is 68.1 Å². The van der Waals surface area contributed by atoms with Gasteiger partial charge in [0.15, 0.2) is 15.0 Å². The summed E-state index contributed by atoms with van der Waals surface area (Å²) < 4.78 is 27.5. The van der Waals surface area contributed by atoms with E-state index in [0.29, 0.717) is 22.2 Å². The van der Waals surface area contributed by atoms with Crippen LogP contribution in [-0.4, -0.2) is 52.7 Å². The van der Waals surface area contributed by atoms with Crippen molar-refractivity contribution in [3.05, 3.63) is 71.0 Å². The summed E-state index contributed by atoms with van der Waals surface area (Å²) in [5.41, 5.74) is 1.17. The van der Waals surface area contributed by atoms with Crippen molar-refractivity contribution in [1.29, 1.82) is 0 Å². The van der Waals surface area contributed by atoms with Crippen molar-refractivity contribution in [3.8, 4) is 0 Å². The van der Waals surface area contributed by atoms with Crippen LogP contribution in [0.4, 0.5) is 0 Å². The Hall–Kier alpha value is -1.87. The molecule has 0 bridgehead atoms. The SMILES string of the molecule is O=S(=O)(CCSc1nnc(CN2CCCCC2)n1Cc1ccccc1)c1ccc(Cl)cc1. The molecule has 0 saturated carbocycles. The number of thioether (sulfide) groups is 1. The molecule has 2 aromatic carbocycles. The van der Waals surface area contributed by atoms with E-state index in [2.05, 4.69) is 31.8 Å². The number of aromatic nitrogens is 3. The van der Waals surface area contributed by atoms with E-state index in [4.69, 9.17) is 11.6 Å². The molecule has 32 heavy (non-hydrogen) atoms. The van der Waals surface area contributed by atoms with Crippen LogP contribution >= 0.6 is 23.4 Å². The van der Waals surface area contributed by atoms with E-state index in [1.807, 2.05) is 18.2 Å². The van der Waals surface area contributed by atoms with Crippen LogP contribution in [-0.2, 0) is 22.9 Å². The van der Waals surface area contributed by atoms with Crippen LogP contribution in [0.15, 0.2) is 64.6 Å². The molecule has 170 valence electrons. The highest BCUT2D eigenvalue weighted by Crippen LogP contribution is 2.23. The number of halogens is 1. The lowest BCUT2D eigenvalue weighted by Crippen LogP contribution is -2.30. The summed E-state index contributed by atoms with van der Waals surface area (Å²) in [5, 5.41) is 10.2. The Morgan fingerprint density at radius 2 is 1.62 bits per heavy atom. The Kier molecular flexibility index (Phi) is 7.88. The Labute approximate surface area is 198 Å². The van der Waals surface area contributed by atoms with Gasteiger partial charge in [0.05, 0.1) is 23.7 Å². The first-order valence-corrected chi connectivity index (χ1v) is 13.8. The fraction of sp³-hybridized carbons (Fsp3) is 0.391. The quantitative estimate of drug-likeness (QED) is 0.410. The maximum atomic E-state index is 12.7. The van der Waals surface area contributed by atoms with Gasteiger partial charge in [0.2, 0.25) is 0 Å². The molecule has 3 aromatic rings. The second kappa shape index (κ2) is 10.8. The van der Waals surface area contributed by atoms with Gasteiger partial charge in [0.25, 0.3) is 0 Å². The zero-order valence-electron chi connectivity index (χ0n) is 17.9. The van der Waals surface area contributed by atoms with Crippen molar-refractivity contribution in [2.45, 2.75) is 42.4 Å². The maximum absolute atomic E-state index is 12.7. The predicted octanol–water partition coefficient (Wildman–Crippen LogP) is 4.53. The number of piperidine rings is 1. The minimum Gasteiger partial charge on any atom is -0.300 e. The van der Waals surface area contributed by atoms with E-state index >= 15 is 0 Å². The highest BCUT2D eigenvalue weighted by atomic mass is 35.5. The van der Waals surface area contributed by atoms with Crippen molar-refractivity contribution in [3.63, 3.8) is 0 Å². The van der Waals surface area contributed by atoms with E-state index in [-0.39, 0.29) is 5.75 Å². The van der Waals surface area contributed by atoms with Gasteiger partial charge in [-0.3, -0.25) is 4.90 Å². The van der Waals surface area contributed by atoms with Gasteiger partial charge < -0.3 is 4.57 Å². The summed E-state index contributed by atoms with van der Waals surface area (Å²) in [7, 11) is -3.38. The average Bonchev–Trinajstić information content (AvgIpc) is 3.16. The van der Waals surface area contributed by atoms with Crippen molar-refractivity contribution in [2.75, 3.05) is 24.6 Å². The zero-order valence-corrected chi connectivity index (χ0v) is 20.2. The molecule has 4 rings (SSSR count). The van der Waals surface area contributed by atoms with Gasteiger partial charge in [-0.05, 0) is 55.8 Å². The standard InChI is InChI=1S/C23H27ClN4O2S2/c24-20-9-11-21(12-10-20)32(29,30)16-15-31-23-26-25-22(18-27-13-5-2-6-14-27)28(23)17-19-7-3-1-4-8-19/h1,3-4,7-12H,2,5-6,13-18H2. The summed E-state index contributed by atoms with van der Waals surface area (Å²) >= 11 is 7.32. The Balaban J connectivity index is 1.47. The second-order valence-electron chi connectivity index (χ2n) is 7.93. The molecular weight excluding hydrogens is 464 g/mol. The molecule has 2 heterocycles. The van der Waals surface area contributed by atoms with Crippen LogP contribution in [0.25, 0.3) is 0 Å². The van der Waals surface area contributed by atoms with Crippen molar-refractivity contribution in [1.82, 2.24) is 19.7 Å². The molecule has 0 atom stereocenters. The normalized spacial score (nSPS) is 15.2. The fourth-order valence-electron chi connectivity index (χ4n) is 3.79. The van der Waals surface area contributed by atoms with Gasteiger partial charge in [-0.25, -0.2) is 8.42 Å². The third kappa shape index (κ3) is 6.13. The minimum atomic E-state index is -3.38. The van der Waals surface area contributed by atoms with Gasteiger partial charge >= 0.3 is 0 Å². The van der Waals surface area contributed by atoms with Gasteiger partial charge in [0.1, 0.15) is 5.82 Å². The van der Waals surface area contributed by atoms with Crippen molar-refractivity contribution < 1.29 is 8.42 Å². The van der Waals surface area contributed by atoms with Crippen LogP contribution in [0.2, 0.25) is 5.02 Å². The number of sulfone groups is 1. The molecule has 0 amide bonds. The van der Waals surface area contributed by atoms with Gasteiger partial charge in [-0.2, -0.15) is 0 Å². The predicted molar refractivity (Wildman–Crippen MR) is 129 cm³/mol. The van der Waals surface area contributed by atoms with Crippen LogP contribution in [0.3, 0.4) is 0 Å². The lowest BCUT2D eigenvalue weighted by molar-refractivity contribution is 0.213. The maximum Gasteiger partial charge on any atom is 0.191 e. The monoisotopic (exact) mass is 490 g/mol. The third-order valence-corrected chi connectivity index (χ3v) is 8.76. The summed E-state index contributed by atoms with van der Waals surface area (Å²) in [6.07, 6.45) is 3.73. The summed E-state index contributed by atoms with van der Waals surface area (Å²) in [6.45, 7) is 3.60. The first kappa shape index (κ1) is 23.3. The summed E-state index contributed by atoms with van der Waals surface area (Å²) in [4.78, 5) is 2.72. The molecule has 6 nitrogen and oxygen atoms in total. The smallest absolute Gasteiger partial charge is 0.191 e. The lowest BCUT2D eigenvalue weighted by Gasteiger charge is -2.26. The number of hydrogen-bond acceptors (Lipinski definition) is 6. The van der Waals surface area contributed by atoms with Crippen molar-refractivity contribution >= 4 is 33.2 Å². The Morgan fingerprint density at radius 1 is 0.906 bits per heavy atom. The second-order valence-corrected chi connectivity index (χ2v) is 11.5. The van der Waals surface area contributed by atoms with E-state index in [0.717, 1.165) is 30.6 Å². The Bertz CT molecular complexity index is 1110. The summed E-state index contributed by atoms with van der Waals surface area (Å²) in [6, 6.07) is 16.5. The molecule has 0 unspecified atom stereocenters. The van der Waals surface area contributed by atoms with Gasteiger partial charge in [-0.15, -0.1) is 10.2 Å². The number of hydrogen-bond donors (Lipinski definition) is 0. The molecule has 1 aliphatic heterocycles. The third-order valence-electron chi connectivity index (χ3n) is 5.55. The van der Waals surface area contributed by atoms with E-state index in [9.17, 15) is 8.42 Å². The van der Waals surface area contributed by atoms with Crippen LogP contribution in [0.5, 0.6) is 0 Å². The number of likely N-dealkylation sites (tertiary alicyclic amines) is 1. The van der Waals surface area contributed by atoms with E-state index < -0.39 is 9.84 Å². The average molecular weight is 491 g/mol.